The smallest absolute Gasteiger partial charge is 0.435 e. The van der Waals surface area contributed by atoms with Crippen LogP contribution in [0, 0.1) is 18.6 Å². The number of anilines is 2. The highest BCUT2D eigenvalue weighted by Crippen LogP contribution is 2.28. The van der Waals surface area contributed by atoms with Crippen molar-refractivity contribution in [3.63, 3.8) is 0 Å². The minimum atomic E-state index is -4.57. The molecule has 0 atom stereocenters. The molecule has 1 aliphatic heterocycles. The van der Waals surface area contributed by atoms with Gasteiger partial charge in [0.25, 0.3) is 0 Å². The molecule has 3 heterocycles. The second kappa shape index (κ2) is 9.84. The molecule has 1 fully saturated rings. The molecule has 0 aliphatic carbocycles. The van der Waals surface area contributed by atoms with Crippen LogP contribution in [0.5, 0.6) is 5.88 Å². The van der Waals surface area contributed by atoms with Gasteiger partial charge >= 0.3 is 6.18 Å². The first-order valence-electron chi connectivity index (χ1n) is 10.7. The predicted octanol–water partition coefficient (Wildman–Crippen LogP) is 4.09. The van der Waals surface area contributed by atoms with E-state index in [1.54, 1.807) is 4.90 Å². The third-order valence-corrected chi connectivity index (χ3v) is 5.49. The summed E-state index contributed by atoms with van der Waals surface area (Å²) in [5.41, 5.74) is -1.12. The van der Waals surface area contributed by atoms with Gasteiger partial charge in [-0.25, -0.2) is 8.78 Å². The van der Waals surface area contributed by atoms with Gasteiger partial charge in [-0.05, 0) is 31.2 Å². The van der Waals surface area contributed by atoms with Crippen molar-refractivity contribution in [1.29, 1.82) is 0 Å². The number of likely N-dealkylation sites (tertiary alicyclic amines) is 1. The Hall–Kier alpha value is -3.77. The molecule has 1 saturated heterocycles. The summed E-state index contributed by atoms with van der Waals surface area (Å²) in [6.45, 7) is 1.89. The normalized spacial score (nSPS) is 14.7. The van der Waals surface area contributed by atoms with Crippen molar-refractivity contribution in [3.8, 4) is 5.88 Å². The summed E-state index contributed by atoms with van der Waals surface area (Å²) in [5, 5.41) is 13.8. The average Bonchev–Trinajstić information content (AvgIpc) is 3.19. The van der Waals surface area contributed by atoms with Crippen LogP contribution in [-0.2, 0) is 17.5 Å². The predicted molar refractivity (Wildman–Crippen MR) is 114 cm³/mol. The molecule has 186 valence electrons. The highest BCUT2D eigenvalue weighted by Gasteiger charge is 2.35. The number of piperidine rings is 1. The number of hydrogen-bond donors (Lipinski definition) is 1. The molecule has 1 aromatic carbocycles. The van der Waals surface area contributed by atoms with E-state index in [1.807, 2.05) is 0 Å². The van der Waals surface area contributed by atoms with Crippen LogP contribution in [0.25, 0.3) is 0 Å². The van der Waals surface area contributed by atoms with Crippen molar-refractivity contribution in [2.45, 2.75) is 38.6 Å². The highest BCUT2D eigenvalue weighted by atomic mass is 19.4. The first kappa shape index (κ1) is 24.4. The van der Waals surface area contributed by atoms with E-state index in [-0.39, 0.29) is 41.6 Å². The van der Waals surface area contributed by atoms with Gasteiger partial charge in [0.15, 0.2) is 11.5 Å². The van der Waals surface area contributed by atoms with E-state index >= 15 is 0 Å². The summed E-state index contributed by atoms with van der Waals surface area (Å²) in [6, 6.07) is 7.35. The number of ether oxygens (including phenoxy) is 1. The lowest BCUT2D eigenvalue weighted by molar-refractivity contribution is -0.142. The fourth-order valence-electron chi connectivity index (χ4n) is 3.63. The first-order chi connectivity index (χ1) is 16.6. The van der Waals surface area contributed by atoms with Crippen molar-refractivity contribution >= 4 is 17.4 Å². The van der Waals surface area contributed by atoms with E-state index in [0.29, 0.717) is 25.9 Å². The van der Waals surface area contributed by atoms with Crippen LogP contribution < -0.4 is 10.1 Å². The van der Waals surface area contributed by atoms with Crippen molar-refractivity contribution in [1.82, 2.24) is 24.9 Å². The largest absolute Gasteiger partial charge is 0.473 e. The topological polar surface area (TPSA) is 85.2 Å². The monoisotopic (exact) mass is 496 g/mol. The lowest BCUT2D eigenvalue weighted by Gasteiger charge is -2.32. The molecule has 0 spiro atoms. The number of carbonyl (C=O) groups excluding carboxylic acids is 1. The van der Waals surface area contributed by atoms with E-state index in [9.17, 15) is 26.7 Å². The summed E-state index contributed by atoms with van der Waals surface area (Å²) in [6.07, 6.45) is -3.85. The lowest BCUT2D eigenvalue weighted by atomic mass is 10.1. The quantitative estimate of drug-likeness (QED) is 0.518. The number of halogens is 5. The number of aryl methyl sites for hydroxylation is 1. The Bertz CT molecular complexity index is 1170. The summed E-state index contributed by atoms with van der Waals surface area (Å²) in [7, 11) is 0. The zero-order chi connectivity index (χ0) is 25.2. The van der Waals surface area contributed by atoms with Gasteiger partial charge in [0.05, 0.1) is 0 Å². The number of nitrogens with zero attached hydrogens (tertiary/aromatic N) is 5. The third-order valence-electron chi connectivity index (χ3n) is 5.49. The molecule has 1 N–H and O–H groups in total. The van der Waals surface area contributed by atoms with Crippen molar-refractivity contribution in [2.24, 2.45) is 0 Å². The van der Waals surface area contributed by atoms with Crippen LogP contribution in [0.4, 0.5) is 33.5 Å². The lowest BCUT2D eigenvalue weighted by Crippen LogP contribution is -2.43. The number of rotatable bonds is 6. The molecule has 4 rings (SSSR count). The van der Waals surface area contributed by atoms with Gasteiger partial charge < -0.3 is 15.0 Å². The molecule has 1 aliphatic rings. The van der Waals surface area contributed by atoms with Gasteiger partial charge in [0, 0.05) is 37.7 Å². The van der Waals surface area contributed by atoms with Crippen molar-refractivity contribution < 1.29 is 31.5 Å². The van der Waals surface area contributed by atoms with E-state index in [2.05, 4.69) is 20.6 Å². The fourth-order valence-corrected chi connectivity index (χ4v) is 3.63. The number of carbonyl (C=O) groups is 1. The number of para-hydroxylation sites is 1. The summed E-state index contributed by atoms with van der Waals surface area (Å²) >= 11 is 0. The van der Waals surface area contributed by atoms with Gasteiger partial charge in [0.1, 0.15) is 30.0 Å². The molecule has 8 nitrogen and oxygen atoms in total. The van der Waals surface area contributed by atoms with Crippen LogP contribution in [0.15, 0.2) is 36.4 Å². The maximum absolute atomic E-state index is 13.7. The van der Waals surface area contributed by atoms with E-state index in [4.69, 9.17) is 4.74 Å². The van der Waals surface area contributed by atoms with Crippen LogP contribution >= 0.6 is 0 Å². The summed E-state index contributed by atoms with van der Waals surface area (Å²) < 4.78 is 72.8. The maximum atomic E-state index is 13.7. The number of nitrogens with one attached hydrogen (secondary N) is 1. The highest BCUT2D eigenvalue weighted by molar-refractivity contribution is 5.76. The zero-order valence-corrected chi connectivity index (χ0v) is 18.5. The Morgan fingerprint density at radius 2 is 1.80 bits per heavy atom. The molecular formula is C22H21F5N6O2. The Balaban J connectivity index is 1.28. The first-order valence-corrected chi connectivity index (χ1v) is 10.7. The number of amides is 1. The van der Waals surface area contributed by atoms with E-state index < -0.39 is 23.5 Å². The molecule has 35 heavy (non-hydrogen) atoms. The molecular weight excluding hydrogens is 475 g/mol. The molecule has 0 radical (unpaired) electrons. The number of aromatic nitrogens is 4. The van der Waals surface area contributed by atoms with Crippen molar-refractivity contribution in [3.05, 3.63) is 59.4 Å². The van der Waals surface area contributed by atoms with Crippen LogP contribution in [0.2, 0.25) is 0 Å². The number of benzene rings is 1. The molecule has 1 amide bonds. The van der Waals surface area contributed by atoms with E-state index in [1.165, 1.54) is 25.1 Å². The fraction of sp³-hybridized carbons (Fsp3) is 0.364. The minimum absolute atomic E-state index is 0.129. The van der Waals surface area contributed by atoms with Gasteiger partial charge in [-0.2, -0.15) is 18.3 Å². The third kappa shape index (κ3) is 5.84. The maximum Gasteiger partial charge on any atom is 0.435 e. The van der Waals surface area contributed by atoms with Crippen LogP contribution in [0.3, 0.4) is 0 Å². The van der Waals surface area contributed by atoms with Crippen LogP contribution in [-0.4, -0.2) is 50.0 Å². The number of alkyl halides is 3. The van der Waals surface area contributed by atoms with Gasteiger partial charge in [0.2, 0.25) is 11.8 Å². The van der Waals surface area contributed by atoms with E-state index in [0.717, 1.165) is 22.9 Å². The zero-order valence-electron chi connectivity index (χ0n) is 18.5. The molecule has 13 heteroatoms. The van der Waals surface area contributed by atoms with Gasteiger partial charge in [-0.3, -0.25) is 9.48 Å². The molecule has 0 saturated carbocycles. The Labute approximate surface area is 196 Å². The Morgan fingerprint density at radius 3 is 2.37 bits per heavy atom. The standard InChI is InChI=1S/C22H21F5N6O2/c1-13-11-17(22(25,26)27)31-33(13)12-20(34)32-9-7-14(8-10-32)35-19-6-5-18(29-30-19)28-21-15(23)3-2-4-16(21)24/h2-6,11,14H,7-10,12H2,1H3,(H,28,29). The summed E-state index contributed by atoms with van der Waals surface area (Å²) in [5.74, 6) is -1.53. The number of hydrogen-bond acceptors (Lipinski definition) is 6. The SMILES string of the molecule is Cc1cc(C(F)(F)F)nn1CC(=O)N1CCC(Oc2ccc(Nc3c(F)cccc3F)nn2)CC1. The molecule has 2 aromatic heterocycles. The van der Waals surface area contributed by atoms with Crippen LogP contribution in [0.1, 0.15) is 24.2 Å². The molecule has 0 bridgehead atoms. The minimum Gasteiger partial charge on any atom is -0.473 e. The molecule has 3 aromatic rings. The second-order valence-corrected chi connectivity index (χ2v) is 8.00. The Morgan fingerprint density at radius 1 is 1.11 bits per heavy atom. The second-order valence-electron chi connectivity index (χ2n) is 8.00. The summed E-state index contributed by atoms with van der Waals surface area (Å²) in [4.78, 5) is 14.1. The average molecular weight is 496 g/mol. The van der Waals surface area contributed by atoms with Gasteiger partial charge in [-0.1, -0.05) is 6.07 Å². The van der Waals surface area contributed by atoms with Gasteiger partial charge in [-0.15, -0.1) is 10.2 Å². The Kier molecular flexibility index (Phi) is 6.85. The molecule has 0 unspecified atom stereocenters. The van der Waals surface area contributed by atoms with Crippen molar-refractivity contribution in [2.75, 3.05) is 18.4 Å².